The van der Waals surface area contributed by atoms with Gasteiger partial charge in [0, 0.05) is 44.1 Å². The van der Waals surface area contributed by atoms with Gasteiger partial charge in [0.2, 0.25) is 0 Å². The summed E-state index contributed by atoms with van der Waals surface area (Å²) in [4.78, 5) is 18.0. The quantitative estimate of drug-likeness (QED) is 0.800. The first-order valence-electron chi connectivity index (χ1n) is 7.13. The normalized spacial score (nSPS) is 11.2. The summed E-state index contributed by atoms with van der Waals surface area (Å²) in [5.41, 5.74) is 1.35. The van der Waals surface area contributed by atoms with Crippen molar-refractivity contribution >= 4 is 11.6 Å². The Balaban J connectivity index is 2.55. The molecule has 0 radical (unpaired) electrons. The van der Waals surface area contributed by atoms with Gasteiger partial charge < -0.3 is 10.6 Å². The fraction of sp³-hybridized carbons (Fsp3) is 0.600. The molecule has 1 rings (SSSR count). The van der Waals surface area contributed by atoms with Gasteiger partial charge in [-0.1, -0.05) is 0 Å². The van der Waals surface area contributed by atoms with E-state index in [1.165, 1.54) is 0 Å². The van der Waals surface area contributed by atoms with Crippen molar-refractivity contribution in [3.63, 3.8) is 0 Å². The van der Waals surface area contributed by atoms with Crippen LogP contribution < -0.4 is 10.6 Å². The number of hydrogen-bond donors (Lipinski definition) is 2. The second kappa shape index (κ2) is 7.85. The number of hydrogen-bond acceptors (Lipinski definition) is 4. The number of carbonyl (C=O) groups excluding carboxylic acids is 1. The number of aromatic nitrogens is 1. The van der Waals surface area contributed by atoms with E-state index in [-0.39, 0.29) is 5.91 Å². The molecular formula is C15H26N4O. The van der Waals surface area contributed by atoms with Gasteiger partial charge in [-0.05, 0) is 39.8 Å². The molecule has 1 aromatic heterocycles. The summed E-state index contributed by atoms with van der Waals surface area (Å²) in [6, 6.07) is 4.70. The fourth-order valence-electron chi connectivity index (χ4n) is 2.23. The van der Waals surface area contributed by atoms with E-state index in [2.05, 4.69) is 48.2 Å². The summed E-state index contributed by atoms with van der Waals surface area (Å²) < 4.78 is 0. The molecule has 20 heavy (non-hydrogen) atoms. The Morgan fingerprint density at radius 1 is 1.30 bits per heavy atom. The Kier molecular flexibility index (Phi) is 6.45. The van der Waals surface area contributed by atoms with Gasteiger partial charge in [-0.3, -0.25) is 14.7 Å². The summed E-state index contributed by atoms with van der Waals surface area (Å²) in [7, 11) is 1.60. The Bertz CT molecular complexity index is 424. The summed E-state index contributed by atoms with van der Waals surface area (Å²) >= 11 is 0. The smallest absolute Gasteiger partial charge is 0.269 e. The number of nitrogens with zero attached hydrogens (tertiary/aromatic N) is 2. The average Bonchev–Trinajstić information content (AvgIpc) is 2.42. The van der Waals surface area contributed by atoms with Crippen molar-refractivity contribution in [1.82, 2.24) is 15.2 Å². The molecule has 1 heterocycles. The van der Waals surface area contributed by atoms with Gasteiger partial charge in [0.15, 0.2) is 0 Å². The first-order valence-corrected chi connectivity index (χ1v) is 7.13. The Labute approximate surface area is 121 Å². The molecule has 0 unspecified atom stereocenters. The lowest BCUT2D eigenvalue weighted by Crippen LogP contribution is -2.40. The molecule has 0 atom stereocenters. The number of anilines is 1. The van der Waals surface area contributed by atoms with Crippen LogP contribution in [0.25, 0.3) is 0 Å². The SMILES string of the molecule is CNC(=O)c1cc(NCCN(C(C)C)C(C)C)ccn1. The first-order chi connectivity index (χ1) is 9.45. The highest BCUT2D eigenvalue weighted by molar-refractivity contribution is 5.92. The highest BCUT2D eigenvalue weighted by Gasteiger charge is 2.12. The highest BCUT2D eigenvalue weighted by atomic mass is 16.1. The van der Waals surface area contributed by atoms with Gasteiger partial charge >= 0.3 is 0 Å². The molecule has 1 aromatic rings. The van der Waals surface area contributed by atoms with E-state index in [4.69, 9.17) is 0 Å². The van der Waals surface area contributed by atoms with Crippen molar-refractivity contribution < 1.29 is 4.79 Å². The molecule has 112 valence electrons. The van der Waals surface area contributed by atoms with Crippen molar-refractivity contribution in [2.24, 2.45) is 0 Å². The van der Waals surface area contributed by atoms with E-state index in [1.807, 2.05) is 6.07 Å². The molecule has 0 aliphatic heterocycles. The maximum atomic E-state index is 11.5. The molecule has 1 amide bonds. The zero-order chi connectivity index (χ0) is 15.1. The van der Waals surface area contributed by atoms with Gasteiger partial charge in [-0.25, -0.2) is 0 Å². The van der Waals surface area contributed by atoms with Crippen molar-refractivity contribution in [2.45, 2.75) is 39.8 Å². The topological polar surface area (TPSA) is 57.3 Å². The van der Waals surface area contributed by atoms with Gasteiger partial charge in [-0.15, -0.1) is 0 Å². The number of rotatable bonds is 7. The molecule has 5 nitrogen and oxygen atoms in total. The fourth-order valence-corrected chi connectivity index (χ4v) is 2.23. The standard InChI is InChI=1S/C15H26N4O/c1-11(2)19(12(3)4)9-8-17-13-6-7-18-14(10-13)15(20)16-5/h6-7,10-12H,8-9H2,1-5H3,(H,16,20)(H,17,18). The third kappa shape index (κ3) is 4.81. The van der Waals surface area contributed by atoms with E-state index in [0.717, 1.165) is 18.8 Å². The second-order valence-electron chi connectivity index (χ2n) is 5.36. The van der Waals surface area contributed by atoms with Crippen LogP contribution in [0.1, 0.15) is 38.2 Å². The van der Waals surface area contributed by atoms with Crippen molar-refractivity contribution in [2.75, 3.05) is 25.5 Å². The minimum Gasteiger partial charge on any atom is -0.384 e. The molecule has 5 heteroatoms. The molecule has 0 fully saturated rings. The zero-order valence-corrected chi connectivity index (χ0v) is 13.1. The van der Waals surface area contributed by atoms with E-state index in [0.29, 0.717) is 17.8 Å². The number of nitrogens with one attached hydrogen (secondary N) is 2. The summed E-state index contributed by atoms with van der Waals surface area (Å²) in [6.45, 7) is 10.6. The van der Waals surface area contributed by atoms with Gasteiger partial charge in [0.05, 0.1) is 0 Å². The zero-order valence-electron chi connectivity index (χ0n) is 13.1. The number of pyridine rings is 1. The lowest BCUT2D eigenvalue weighted by molar-refractivity contribution is 0.0958. The third-order valence-electron chi connectivity index (χ3n) is 3.25. The van der Waals surface area contributed by atoms with Crippen LogP contribution in [0.4, 0.5) is 5.69 Å². The predicted molar refractivity (Wildman–Crippen MR) is 83.1 cm³/mol. The van der Waals surface area contributed by atoms with Crippen LogP contribution in [0.3, 0.4) is 0 Å². The first kappa shape index (κ1) is 16.4. The van der Waals surface area contributed by atoms with E-state index in [1.54, 1.807) is 19.3 Å². The summed E-state index contributed by atoms with van der Waals surface area (Å²) in [6.07, 6.45) is 1.65. The van der Waals surface area contributed by atoms with Crippen molar-refractivity contribution in [3.8, 4) is 0 Å². The summed E-state index contributed by atoms with van der Waals surface area (Å²) in [5, 5.41) is 5.92. The molecular weight excluding hydrogens is 252 g/mol. The van der Waals surface area contributed by atoms with Crippen LogP contribution in [-0.2, 0) is 0 Å². The lowest BCUT2D eigenvalue weighted by Gasteiger charge is -2.30. The Morgan fingerprint density at radius 3 is 2.50 bits per heavy atom. The molecule has 0 aliphatic rings. The van der Waals surface area contributed by atoms with Crippen LogP contribution in [-0.4, -0.2) is 48.0 Å². The van der Waals surface area contributed by atoms with Crippen LogP contribution >= 0.6 is 0 Å². The summed E-state index contributed by atoms with van der Waals surface area (Å²) in [5.74, 6) is -0.167. The maximum absolute atomic E-state index is 11.5. The monoisotopic (exact) mass is 278 g/mol. The highest BCUT2D eigenvalue weighted by Crippen LogP contribution is 2.09. The van der Waals surface area contributed by atoms with Gasteiger partial charge in [0.1, 0.15) is 5.69 Å². The number of carbonyl (C=O) groups is 1. The molecule has 0 aliphatic carbocycles. The van der Waals surface area contributed by atoms with Crippen molar-refractivity contribution in [1.29, 1.82) is 0 Å². The largest absolute Gasteiger partial charge is 0.384 e. The Hall–Kier alpha value is -1.62. The molecule has 2 N–H and O–H groups in total. The van der Waals surface area contributed by atoms with E-state index in [9.17, 15) is 4.79 Å². The minimum atomic E-state index is -0.167. The molecule has 0 aromatic carbocycles. The lowest BCUT2D eigenvalue weighted by atomic mass is 10.2. The van der Waals surface area contributed by atoms with Crippen LogP contribution in [0.15, 0.2) is 18.3 Å². The molecule has 0 spiro atoms. The van der Waals surface area contributed by atoms with Crippen LogP contribution in [0.5, 0.6) is 0 Å². The van der Waals surface area contributed by atoms with Gasteiger partial charge in [0.25, 0.3) is 5.91 Å². The van der Waals surface area contributed by atoms with Crippen molar-refractivity contribution in [3.05, 3.63) is 24.0 Å². The number of amides is 1. The average molecular weight is 278 g/mol. The molecule has 0 bridgehead atoms. The van der Waals surface area contributed by atoms with Crippen LogP contribution in [0.2, 0.25) is 0 Å². The van der Waals surface area contributed by atoms with Crippen LogP contribution in [0, 0.1) is 0 Å². The van der Waals surface area contributed by atoms with Gasteiger partial charge in [-0.2, -0.15) is 0 Å². The Morgan fingerprint density at radius 2 is 1.95 bits per heavy atom. The van der Waals surface area contributed by atoms with E-state index >= 15 is 0 Å². The second-order valence-corrected chi connectivity index (χ2v) is 5.36. The molecule has 0 saturated heterocycles. The maximum Gasteiger partial charge on any atom is 0.269 e. The minimum absolute atomic E-state index is 0.167. The predicted octanol–water partition coefficient (Wildman–Crippen LogP) is 1.97. The third-order valence-corrected chi connectivity index (χ3v) is 3.25. The van der Waals surface area contributed by atoms with E-state index < -0.39 is 0 Å². The molecule has 0 saturated carbocycles.